The van der Waals surface area contributed by atoms with Crippen molar-refractivity contribution < 1.29 is 13.2 Å². The molecule has 0 bridgehead atoms. The zero-order valence-electron chi connectivity index (χ0n) is 20.6. The smallest absolute Gasteiger partial charge is 0.387 e. The van der Waals surface area contributed by atoms with Crippen molar-refractivity contribution in [3.63, 3.8) is 0 Å². The number of hydrogen-bond acceptors (Lipinski definition) is 8. The number of alkyl halides is 3. The molecule has 37 heavy (non-hydrogen) atoms. The van der Waals surface area contributed by atoms with Gasteiger partial charge < -0.3 is 20.6 Å². The van der Waals surface area contributed by atoms with Gasteiger partial charge in [-0.3, -0.25) is 4.90 Å². The average molecular weight is 532 g/mol. The van der Waals surface area contributed by atoms with Gasteiger partial charge in [0.1, 0.15) is 11.7 Å². The zero-order chi connectivity index (χ0) is 26.3. The van der Waals surface area contributed by atoms with Crippen molar-refractivity contribution in [1.82, 2.24) is 24.4 Å². The van der Waals surface area contributed by atoms with Crippen molar-refractivity contribution in [3.05, 3.63) is 30.1 Å². The van der Waals surface area contributed by atoms with Gasteiger partial charge in [0.15, 0.2) is 11.0 Å². The molecule has 5 rings (SSSR count). The van der Waals surface area contributed by atoms with Gasteiger partial charge in [-0.2, -0.15) is 13.2 Å². The van der Waals surface area contributed by atoms with E-state index in [0.29, 0.717) is 33.1 Å². The fourth-order valence-corrected chi connectivity index (χ4v) is 5.49. The molecule has 0 amide bonds. The Morgan fingerprint density at radius 1 is 1.16 bits per heavy atom. The maximum atomic E-state index is 13.3. The van der Waals surface area contributed by atoms with E-state index < -0.39 is 12.0 Å². The number of nitrogens with zero attached hydrogens (tertiary/aromatic N) is 7. The molecule has 2 aliphatic rings. The third-order valence-corrected chi connectivity index (χ3v) is 7.40. The first kappa shape index (κ1) is 25.5. The first-order valence-corrected chi connectivity index (χ1v) is 12.8. The molecule has 4 heterocycles. The standard InChI is InChI=1S/C24H28F3N9S/c1-14(28)9-19(29)31-20-11-21(36-12-15(13-36)35-7-3-4-8-35)33-23(32-20)37-16-5-6-17-18(10-16)34(2)22(30-17)24(25,26)27/h5-6,10-11,15,28H,3-4,7-9,12-13H2,1-2H3,(H2,29,31,32,33). The maximum absolute atomic E-state index is 13.3. The number of amidine groups is 1. The summed E-state index contributed by atoms with van der Waals surface area (Å²) in [6, 6.07) is 7.22. The Balaban J connectivity index is 1.43. The van der Waals surface area contributed by atoms with Gasteiger partial charge in [-0.1, -0.05) is 0 Å². The highest BCUT2D eigenvalue weighted by atomic mass is 32.2. The molecule has 0 saturated carbocycles. The van der Waals surface area contributed by atoms with E-state index in [1.165, 1.54) is 31.7 Å². The fourth-order valence-electron chi connectivity index (χ4n) is 4.70. The highest BCUT2D eigenvalue weighted by Crippen LogP contribution is 2.35. The van der Waals surface area contributed by atoms with E-state index in [2.05, 4.69) is 24.8 Å². The Labute approximate surface area is 216 Å². The molecule has 0 spiro atoms. The number of anilines is 1. The largest absolute Gasteiger partial charge is 0.449 e. The van der Waals surface area contributed by atoms with Crippen molar-refractivity contribution in [2.75, 3.05) is 31.1 Å². The van der Waals surface area contributed by atoms with Gasteiger partial charge in [0.25, 0.3) is 0 Å². The minimum atomic E-state index is -4.54. The molecule has 0 aliphatic carbocycles. The van der Waals surface area contributed by atoms with Crippen LogP contribution in [-0.2, 0) is 13.2 Å². The lowest BCUT2D eigenvalue weighted by Gasteiger charge is -2.44. The monoisotopic (exact) mass is 531 g/mol. The van der Waals surface area contributed by atoms with Crippen LogP contribution in [0.1, 0.15) is 32.0 Å². The van der Waals surface area contributed by atoms with Gasteiger partial charge in [-0.15, -0.1) is 0 Å². The first-order chi connectivity index (χ1) is 17.6. The van der Waals surface area contributed by atoms with Crippen LogP contribution in [0, 0.1) is 5.41 Å². The summed E-state index contributed by atoms with van der Waals surface area (Å²) in [6.45, 7) is 5.64. The van der Waals surface area contributed by atoms with Crippen LogP contribution in [0.3, 0.4) is 0 Å². The Kier molecular flexibility index (Phi) is 6.84. The van der Waals surface area contributed by atoms with Crippen LogP contribution in [0.25, 0.3) is 11.0 Å². The molecule has 13 heteroatoms. The Morgan fingerprint density at radius 3 is 2.57 bits per heavy atom. The SMILES string of the molecule is CC(=N)CC(N)=Nc1cc(N2CC(N3CCCC3)C2)nc(Sc2ccc3nc(C(F)(F)F)n(C)c3c2)n1. The van der Waals surface area contributed by atoms with E-state index in [9.17, 15) is 13.2 Å². The van der Waals surface area contributed by atoms with Crippen molar-refractivity contribution in [3.8, 4) is 0 Å². The summed E-state index contributed by atoms with van der Waals surface area (Å²) < 4.78 is 40.9. The normalized spacial score (nSPS) is 17.5. The van der Waals surface area contributed by atoms with E-state index in [4.69, 9.17) is 16.1 Å². The predicted octanol–water partition coefficient (Wildman–Crippen LogP) is 4.24. The van der Waals surface area contributed by atoms with Crippen LogP contribution < -0.4 is 10.6 Å². The van der Waals surface area contributed by atoms with Crippen molar-refractivity contribution in [2.24, 2.45) is 17.8 Å². The van der Waals surface area contributed by atoms with Gasteiger partial charge in [0.05, 0.1) is 11.0 Å². The number of benzene rings is 1. The molecule has 1 aromatic carbocycles. The zero-order valence-corrected chi connectivity index (χ0v) is 21.4. The number of aryl methyl sites for hydroxylation is 1. The van der Waals surface area contributed by atoms with Gasteiger partial charge in [0.2, 0.25) is 5.82 Å². The van der Waals surface area contributed by atoms with Crippen molar-refractivity contribution >= 4 is 46.0 Å². The second-order valence-corrected chi connectivity index (χ2v) is 10.5. The summed E-state index contributed by atoms with van der Waals surface area (Å²) in [7, 11) is 1.35. The minimum Gasteiger partial charge on any atom is -0.387 e. The number of imidazole rings is 1. The van der Waals surface area contributed by atoms with E-state index in [0.717, 1.165) is 36.6 Å². The predicted molar refractivity (Wildman–Crippen MR) is 138 cm³/mol. The topological polar surface area (TPSA) is 112 Å². The Hall–Kier alpha value is -3.19. The van der Waals surface area contributed by atoms with Gasteiger partial charge in [0, 0.05) is 49.3 Å². The number of aromatic nitrogens is 4. The molecular formula is C24H28F3N9S. The second kappa shape index (κ2) is 9.93. The molecule has 2 saturated heterocycles. The third-order valence-electron chi connectivity index (χ3n) is 6.54. The van der Waals surface area contributed by atoms with Crippen molar-refractivity contribution in [2.45, 2.75) is 48.5 Å². The highest BCUT2D eigenvalue weighted by molar-refractivity contribution is 7.99. The van der Waals surface area contributed by atoms with Gasteiger partial charge in [-0.25, -0.2) is 19.9 Å². The van der Waals surface area contributed by atoms with Crippen LogP contribution >= 0.6 is 11.8 Å². The third kappa shape index (κ3) is 5.57. The number of nitrogens with two attached hydrogens (primary N) is 1. The number of fused-ring (bicyclic) bond motifs is 1. The molecular weight excluding hydrogens is 503 g/mol. The molecule has 0 radical (unpaired) electrons. The van der Waals surface area contributed by atoms with E-state index >= 15 is 0 Å². The summed E-state index contributed by atoms with van der Waals surface area (Å²) >= 11 is 1.24. The number of aliphatic imine (C=N–C) groups is 1. The summed E-state index contributed by atoms with van der Waals surface area (Å²) in [5, 5.41) is 8.08. The first-order valence-electron chi connectivity index (χ1n) is 12.0. The van der Waals surface area contributed by atoms with E-state index in [1.807, 2.05) is 0 Å². The summed E-state index contributed by atoms with van der Waals surface area (Å²) in [5.74, 6) is 0.452. The molecule has 2 aromatic heterocycles. The fraction of sp³-hybridized carbons (Fsp3) is 0.458. The molecule has 196 valence electrons. The molecule has 0 unspecified atom stereocenters. The number of hydrogen-bond donors (Lipinski definition) is 2. The van der Waals surface area contributed by atoms with Crippen LogP contribution in [0.5, 0.6) is 0 Å². The van der Waals surface area contributed by atoms with Crippen molar-refractivity contribution in [1.29, 1.82) is 5.41 Å². The number of halogens is 3. The quantitative estimate of drug-likeness (QED) is 0.266. The Morgan fingerprint density at radius 2 is 1.89 bits per heavy atom. The molecule has 0 atom stereocenters. The lowest BCUT2D eigenvalue weighted by molar-refractivity contribution is -0.146. The number of rotatable bonds is 7. The van der Waals surface area contributed by atoms with Crippen LogP contribution in [0.15, 0.2) is 39.3 Å². The molecule has 3 N–H and O–H groups in total. The van der Waals surface area contributed by atoms with E-state index in [-0.39, 0.29) is 17.8 Å². The van der Waals surface area contributed by atoms with E-state index in [1.54, 1.807) is 31.2 Å². The molecule has 2 aliphatic heterocycles. The summed E-state index contributed by atoms with van der Waals surface area (Å²) in [4.78, 5) is 22.8. The summed E-state index contributed by atoms with van der Waals surface area (Å²) in [5.41, 5.74) is 7.05. The lowest BCUT2D eigenvalue weighted by Crippen LogP contribution is -2.59. The number of likely N-dealkylation sites (tertiary alicyclic amines) is 1. The second-order valence-electron chi connectivity index (χ2n) is 9.47. The average Bonchev–Trinajstić information content (AvgIpc) is 3.40. The summed E-state index contributed by atoms with van der Waals surface area (Å²) in [6.07, 6.45) is -1.83. The van der Waals surface area contributed by atoms with Crippen LogP contribution in [0.2, 0.25) is 0 Å². The van der Waals surface area contributed by atoms with Gasteiger partial charge in [-0.05, 0) is 62.8 Å². The Bertz CT molecular complexity index is 1360. The highest BCUT2D eigenvalue weighted by Gasteiger charge is 2.37. The number of nitrogens with one attached hydrogen (secondary N) is 1. The molecule has 3 aromatic rings. The maximum Gasteiger partial charge on any atom is 0.449 e. The van der Waals surface area contributed by atoms with Gasteiger partial charge >= 0.3 is 6.18 Å². The van der Waals surface area contributed by atoms with Crippen LogP contribution in [-0.4, -0.2) is 68.2 Å². The minimum absolute atomic E-state index is 0.237. The molecule has 9 nitrogen and oxygen atoms in total. The van der Waals surface area contributed by atoms with Crippen LogP contribution in [0.4, 0.5) is 24.8 Å². The molecule has 2 fully saturated rings. The lowest BCUT2D eigenvalue weighted by atomic mass is 10.1.